The molecule has 0 bridgehead atoms. The van der Waals surface area contributed by atoms with Crippen LogP contribution in [0, 0.1) is 0 Å². The first-order chi connectivity index (χ1) is 31.0. The van der Waals surface area contributed by atoms with E-state index in [0.717, 1.165) is 55.5 Å². The summed E-state index contributed by atoms with van der Waals surface area (Å²) < 4.78 is 19.0. The van der Waals surface area contributed by atoms with Crippen LogP contribution < -0.4 is 15.7 Å². The smallest absolute Gasteiger partial charge is 0.333 e. The molecule has 0 amide bonds. The number of hydrogen-bond acceptors (Lipinski definition) is 5. The molecule has 0 spiro atoms. The standard InChI is InChI=1S/C57H42BN3O2S/c1-56(2,3)32-20-23-34(24-21-32)61-43-27-37-35-16-11-13-19-47(35)64-48(37)28-39(43)49-50-36-17-10-12-18-45(36)62-54(50)51-38-26-33(57(4,5)6)22-25-42(38)60-44-30-46-41(29-40(44)58(61)52(49)53(51)60)59-55(63-46)31-14-8-7-9-15-31/h7-30H,1-6H3. The van der Waals surface area contributed by atoms with Crippen LogP contribution in [-0.2, 0) is 10.8 Å². The minimum Gasteiger partial charge on any atom is -0.455 e. The second kappa shape index (κ2) is 12.3. The summed E-state index contributed by atoms with van der Waals surface area (Å²) in [4.78, 5) is 7.85. The maximum atomic E-state index is 7.20. The van der Waals surface area contributed by atoms with Gasteiger partial charge in [-0.25, -0.2) is 4.98 Å². The van der Waals surface area contributed by atoms with Crippen molar-refractivity contribution in [1.82, 2.24) is 9.55 Å². The molecule has 14 rings (SSSR count). The van der Waals surface area contributed by atoms with Crippen LogP contribution in [0.15, 0.2) is 154 Å². The van der Waals surface area contributed by atoms with Gasteiger partial charge in [-0.3, -0.25) is 0 Å². The second-order valence-corrected chi connectivity index (χ2v) is 21.0. The van der Waals surface area contributed by atoms with Crippen LogP contribution in [0.1, 0.15) is 52.7 Å². The van der Waals surface area contributed by atoms with Crippen molar-refractivity contribution in [2.75, 3.05) is 4.81 Å². The average Bonchev–Trinajstić information content (AvgIpc) is 4.07. The molecule has 7 heteroatoms. The van der Waals surface area contributed by atoms with Gasteiger partial charge in [-0.15, -0.1) is 11.3 Å². The number of para-hydroxylation sites is 1. The fourth-order valence-electron chi connectivity index (χ4n) is 11.0. The van der Waals surface area contributed by atoms with Crippen molar-refractivity contribution in [3.8, 4) is 28.3 Å². The normalized spacial score (nSPS) is 13.7. The molecular weight excluding hydrogens is 802 g/mol. The van der Waals surface area contributed by atoms with E-state index in [0.29, 0.717) is 5.89 Å². The summed E-state index contributed by atoms with van der Waals surface area (Å²) in [6.45, 7) is 13.5. The number of benzene rings is 8. The largest absolute Gasteiger partial charge is 0.455 e. The fourth-order valence-corrected chi connectivity index (χ4v) is 12.1. The SMILES string of the molecule is CC(C)(C)c1ccc(N2B3c4cc5nc(-c6ccccc6)oc5cc4-n4c5ccc(C(C)(C)C)cc5c5c6oc7ccccc7c6c(c3c54)-c3cc4sc5ccccc5c4cc32)cc1. The lowest BCUT2D eigenvalue weighted by atomic mass is 9.43. The number of rotatable bonds is 2. The van der Waals surface area contributed by atoms with Crippen molar-refractivity contribution in [3.63, 3.8) is 0 Å². The van der Waals surface area contributed by atoms with Crippen LogP contribution in [0.5, 0.6) is 0 Å². The molecule has 5 nitrogen and oxygen atoms in total. The predicted molar refractivity (Wildman–Crippen MR) is 270 cm³/mol. The molecule has 0 unspecified atom stereocenters. The van der Waals surface area contributed by atoms with Crippen molar-refractivity contribution in [2.45, 2.75) is 52.4 Å². The monoisotopic (exact) mass is 843 g/mol. The van der Waals surface area contributed by atoms with Gasteiger partial charge in [0.1, 0.15) is 16.7 Å². The first kappa shape index (κ1) is 36.4. The molecule has 8 aromatic carbocycles. The zero-order valence-corrected chi connectivity index (χ0v) is 37.3. The lowest BCUT2D eigenvalue weighted by Gasteiger charge is -2.42. The van der Waals surface area contributed by atoms with Crippen molar-refractivity contribution in [2.24, 2.45) is 0 Å². The molecule has 2 aliphatic rings. The third-order valence-electron chi connectivity index (χ3n) is 14.1. The lowest BCUT2D eigenvalue weighted by Crippen LogP contribution is -2.60. The molecule has 6 heterocycles. The summed E-state index contributed by atoms with van der Waals surface area (Å²) in [5.74, 6) is 0.618. The van der Waals surface area contributed by atoms with Gasteiger partial charge >= 0.3 is 6.85 Å². The fraction of sp³-hybridized carbons (Fsp3) is 0.140. The minimum atomic E-state index is -0.221. The number of thiophene rings is 1. The number of hydrogen-bond donors (Lipinski definition) is 0. The van der Waals surface area contributed by atoms with Crippen LogP contribution in [0.4, 0.5) is 11.4 Å². The van der Waals surface area contributed by atoms with E-state index in [1.54, 1.807) is 0 Å². The Balaban J connectivity index is 1.21. The predicted octanol–water partition coefficient (Wildman–Crippen LogP) is 14.7. The number of nitrogens with zero attached hydrogens (tertiary/aromatic N) is 3. The quantitative estimate of drug-likeness (QED) is 0.163. The van der Waals surface area contributed by atoms with Gasteiger partial charge in [0.25, 0.3) is 0 Å². The van der Waals surface area contributed by atoms with Gasteiger partial charge in [-0.2, -0.15) is 0 Å². The van der Waals surface area contributed by atoms with Crippen molar-refractivity contribution in [1.29, 1.82) is 0 Å². The molecule has 0 saturated heterocycles. The zero-order chi connectivity index (χ0) is 43.0. The average molecular weight is 844 g/mol. The van der Waals surface area contributed by atoms with Crippen LogP contribution in [0.3, 0.4) is 0 Å². The van der Waals surface area contributed by atoms with Crippen LogP contribution in [0.25, 0.3) is 103 Å². The van der Waals surface area contributed by atoms with Gasteiger partial charge in [0.2, 0.25) is 5.89 Å². The molecule has 12 aromatic rings. The van der Waals surface area contributed by atoms with E-state index >= 15 is 0 Å². The third-order valence-corrected chi connectivity index (χ3v) is 15.2. The number of furan rings is 1. The van der Waals surface area contributed by atoms with E-state index in [-0.39, 0.29) is 17.7 Å². The Labute approximate surface area is 374 Å². The first-order valence-corrected chi connectivity index (χ1v) is 23.1. The molecule has 4 aromatic heterocycles. The van der Waals surface area contributed by atoms with Gasteiger partial charge in [0, 0.05) is 70.6 Å². The minimum absolute atomic E-state index is 0.00605. The molecule has 0 saturated carbocycles. The molecule has 0 radical (unpaired) electrons. The molecule has 0 fully saturated rings. The highest BCUT2D eigenvalue weighted by Gasteiger charge is 2.46. The van der Waals surface area contributed by atoms with Gasteiger partial charge < -0.3 is 18.2 Å². The summed E-state index contributed by atoms with van der Waals surface area (Å²) in [6, 6.07) is 53.7. The molecule has 0 N–H and O–H groups in total. The highest BCUT2D eigenvalue weighted by atomic mass is 32.1. The lowest BCUT2D eigenvalue weighted by molar-refractivity contribution is 0.590. The van der Waals surface area contributed by atoms with Gasteiger partial charge in [0.05, 0.1) is 16.4 Å². The van der Waals surface area contributed by atoms with Crippen LogP contribution in [0.2, 0.25) is 0 Å². The van der Waals surface area contributed by atoms with Crippen LogP contribution in [-0.4, -0.2) is 16.4 Å². The van der Waals surface area contributed by atoms with E-state index in [1.165, 1.54) is 75.3 Å². The highest BCUT2D eigenvalue weighted by molar-refractivity contribution is 7.25. The summed E-state index contributed by atoms with van der Waals surface area (Å²) in [5.41, 5.74) is 17.6. The Hall–Kier alpha value is -7.09. The van der Waals surface area contributed by atoms with E-state index < -0.39 is 0 Å². The Bertz CT molecular complexity index is 3990. The molecule has 0 atom stereocenters. The number of aromatic nitrogens is 2. The molecule has 64 heavy (non-hydrogen) atoms. The highest BCUT2D eigenvalue weighted by Crippen LogP contribution is 2.53. The number of fused-ring (bicyclic) bond motifs is 17. The summed E-state index contributed by atoms with van der Waals surface area (Å²) in [6.07, 6.45) is 0. The van der Waals surface area contributed by atoms with Gasteiger partial charge in [-0.05, 0) is 105 Å². The first-order valence-electron chi connectivity index (χ1n) is 22.3. The van der Waals surface area contributed by atoms with Crippen LogP contribution >= 0.6 is 11.3 Å². The Kier molecular flexibility index (Phi) is 7.02. The Morgan fingerprint density at radius 1 is 0.578 bits per heavy atom. The summed E-state index contributed by atoms with van der Waals surface area (Å²) >= 11 is 1.88. The molecule has 2 aliphatic heterocycles. The maximum absolute atomic E-state index is 7.20. The second-order valence-electron chi connectivity index (χ2n) is 19.9. The summed E-state index contributed by atoms with van der Waals surface area (Å²) in [5, 5.41) is 7.20. The van der Waals surface area contributed by atoms with Crippen molar-refractivity contribution >= 4 is 116 Å². The van der Waals surface area contributed by atoms with E-state index in [4.69, 9.17) is 13.8 Å². The van der Waals surface area contributed by atoms with Gasteiger partial charge in [-0.1, -0.05) is 114 Å². The third kappa shape index (κ3) is 4.82. The van der Waals surface area contributed by atoms with E-state index in [2.05, 4.69) is 178 Å². The molecule has 306 valence electrons. The summed E-state index contributed by atoms with van der Waals surface area (Å²) in [7, 11) is 0. The Morgan fingerprint density at radius 2 is 1.31 bits per heavy atom. The number of anilines is 2. The molecule has 0 aliphatic carbocycles. The Morgan fingerprint density at radius 3 is 2.11 bits per heavy atom. The van der Waals surface area contributed by atoms with Gasteiger partial charge in [0.15, 0.2) is 5.58 Å². The zero-order valence-electron chi connectivity index (χ0n) is 36.5. The van der Waals surface area contributed by atoms with Crippen molar-refractivity contribution < 1.29 is 8.83 Å². The maximum Gasteiger partial charge on any atom is 0.333 e. The topological polar surface area (TPSA) is 47.3 Å². The molecular formula is C57H42BN3O2S. The van der Waals surface area contributed by atoms with Crippen molar-refractivity contribution in [3.05, 3.63) is 157 Å². The van der Waals surface area contributed by atoms with E-state index in [9.17, 15) is 0 Å². The van der Waals surface area contributed by atoms with E-state index in [1.807, 2.05) is 29.5 Å². The number of oxazole rings is 1.